The molecule has 1 aromatic carbocycles. The number of hydrogen-bond donors (Lipinski definition) is 2. The maximum absolute atomic E-state index is 11.7. The number of anilines is 1. The van der Waals surface area contributed by atoms with Gasteiger partial charge in [-0.15, -0.1) is 11.8 Å². The van der Waals surface area contributed by atoms with Gasteiger partial charge in [-0.3, -0.25) is 0 Å². The van der Waals surface area contributed by atoms with Gasteiger partial charge in [-0.2, -0.15) is 0 Å². The molecule has 0 aliphatic heterocycles. The summed E-state index contributed by atoms with van der Waals surface area (Å²) in [7, 11) is -3.13. The summed E-state index contributed by atoms with van der Waals surface area (Å²) in [6.45, 7) is 0.579. The molecule has 1 aliphatic rings. The van der Waals surface area contributed by atoms with E-state index in [4.69, 9.17) is 5.73 Å². The molecule has 1 saturated carbocycles. The van der Waals surface area contributed by atoms with E-state index in [-0.39, 0.29) is 5.75 Å². The van der Waals surface area contributed by atoms with Gasteiger partial charge in [0.2, 0.25) is 10.0 Å². The molecule has 3 N–H and O–H groups in total. The van der Waals surface area contributed by atoms with Crippen molar-refractivity contribution in [1.82, 2.24) is 4.72 Å². The molecule has 0 amide bonds. The Labute approximate surface area is 119 Å². The van der Waals surface area contributed by atoms with Crippen LogP contribution >= 0.6 is 11.8 Å². The van der Waals surface area contributed by atoms with Crippen molar-refractivity contribution in [1.29, 1.82) is 0 Å². The fraction of sp³-hybridized carbons (Fsp3) is 0.538. The lowest BCUT2D eigenvalue weighted by atomic mass is 10.3. The van der Waals surface area contributed by atoms with Crippen LogP contribution in [0.4, 0.5) is 5.69 Å². The number of nitrogens with one attached hydrogen (secondary N) is 1. The van der Waals surface area contributed by atoms with Crippen molar-refractivity contribution in [3.8, 4) is 0 Å². The Morgan fingerprint density at radius 2 is 2.16 bits per heavy atom. The molecular weight excluding hydrogens is 280 g/mol. The van der Waals surface area contributed by atoms with Crippen molar-refractivity contribution in [2.24, 2.45) is 5.92 Å². The van der Waals surface area contributed by atoms with Gasteiger partial charge in [-0.25, -0.2) is 13.1 Å². The summed E-state index contributed by atoms with van der Waals surface area (Å²) in [5.41, 5.74) is 6.38. The third kappa shape index (κ3) is 5.84. The van der Waals surface area contributed by atoms with Gasteiger partial charge in [-0.1, -0.05) is 18.9 Å². The number of rotatable bonds is 8. The lowest BCUT2D eigenvalue weighted by Gasteiger charge is -2.06. The molecule has 6 heteroatoms. The topological polar surface area (TPSA) is 72.2 Å². The Morgan fingerprint density at radius 3 is 2.84 bits per heavy atom. The van der Waals surface area contributed by atoms with Gasteiger partial charge in [0, 0.05) is 22.9 Å². The highest BCUT2D eigenvalue weighted by Crippen LogP contribution is 2.31. The molecule has 1 aliphatic carbocycles. The van der Waals surface area contributed by atoms with Gasteiger partial charge in [-0.05, 0) is 30.5 Å². The van der Waals surface area contributed by atoms with Crippen LogP contribution in [-0.4, -0.2) is 26.5 Å². The predicted molar refractivity (Wildman–Crippen MR) is 80.7 cm³/mol. The summed E-state index contributed by atoms with van der Waals surface area (Å²) in [6, 6.07) is 7.49. The van der Waals surface area contributed by atoms with Gasteiger partial charge >= 0.3 is 0 Å². The van der Waals surface area contributed by atoms with E-state index in [1.165, 1.54) is 24.6 Å². The molecule has 0 atom stereocenters. The van der Waals surface area contributed by atoms with E-state index >= 15 is 0 Å². The summed E-state index contributed by atoms with van der Waals surface area (Å²) in [6.07, 6.45) is 3.49. The third-order valence-electron chi connectivity index (χ3n) is 3.05. The molecule has 4 nitrogen and oxygen atoms in total. The normalized spacial score (nSPS) is 15.6. The number of benzene rings is 1. The quantitative estimate of drug-likeness (QED) is 0.569. The zero-order chi connectivity index (χ0) is 13.7. The Hall–Kier alpha value is -0.720. The highest BCUT2D eigenvalue weighted by atomic mass is 32.2. The molecule has 0 unspecified atom stereocenters. The monoisotopic (exact) mass is 300 g/mol. The van der Waals surface area contributed by atoms with Crippen molar-refractivity contribution in [2.75, 3.05) is 23.8 Å². The predicted octanol–water partition coefficient (Wildman–Crippen LogP) is 2.08. The van der Waals surface area contributed by atoms with Crippen LogP contribution in [0, 0.1) is 5.92 Å². The number of thioether (sulfide) groups is 1. The summed E-state index contributed by atoms with van der Waals surface area (Å²) in [5.74, 6) is 1.45. The van der Waals surface area contributed by atoms with Crippen LogP contribution < -0.4 is 10.5 Å². The zero-order valence-electron chi connectivity index (χ0n) is 10.8. The minimum absolute atomic E-state index is 0.150. The zero-order valence-corrected chi connectivity index (χ0v) is 12.5. The van der Waals surface area contributed by atoms with E-state index in [2.05, 4.69) is 4.72 Å². The molecule has 0 radical (unpaired) electrons. The second-order valence-electron chi connectivity index (χ2n) is 4.87. The van der Waals surface area contributed by atoms with E-state index in [0.29, 0.717) is 18.0 Å². The lowest BCUT2D eigenvalue weighted by Crippen LogP contribution is -2.28. The molecule has 2 rings (SSSR count). The molecular formula is C13H20N2O2S2. The van der Waals surface area contributed by atoms with Gasteiger partial charge in [0.05, 0.1) is 5.75 Å². The Kier molecular flexibility index (Phi) is 5.13. The van der Waals surface area contributed by atoms with Crippen LogP contribution in [0.3, 0.4) is 0 Å². The van der Waals surface area contributed by atoms with Crippen LogP contribution in [0.1, 0.15) is 19.3 Å². The van der Waals surface area contributed by atoms with E-state index in [9.17, 15) is 8.42 Å². The molecule has 0 aromatic heterocycles. The maximum Gasteiger partial charge on any atom is 0.212 e. The lowest BCUT2D eigenvalue weighted by molar-refractivity contribution is 0.577. The average Bonchev–Trinajstić information content (AvgIpc) is 3.12. The fourth-order valence-corrected chi connectivity index (χ4v) is 4.18. The molecule has 1 fully saturated rings. The number of hydrogen-bond acceptors (Lipinski definition) is 4. The first-order chi connectivity index (χ1) is 9.05. The fourth-order valence-electron chi connectivity index (χ4n) is 1.77. The second kappa shape index (κ2) is 6.63. The molecule has 106 valence electrons. The van der Waals surface area contributed by atoms with E-state index < -0.39 is 10.0 Å². The van der Waals surface area contributed by atoms with Crippen molar-refractivity contribution in [3.05, 3.63) is 24.3 Å². The Morgan fingerprint density at radius 1 is 1.37 bits per heavy atom. The smallest absolute Gasteiger partial charge is 0.212 e. The minimum Gasteiger partial charge on any atom is -0.399 e. The Bertz CT molecular complexity index is 513. The first-order valence-corrected chi connectivity index (χ1v) is 9.15. The van der Waals surface area contributed by atoms with Crippen LogP contribution in [0.25, 0.3) is 0 Å². The molecule has 0 heterocycles. The van der Waals surface area contributed by atoms with Crippen molar-refractivity contribution in [3.63, 3.8) is 0 Å². The largest absolute Gasteiger partial charge is 0.399 e. The second-order valence-corrected chi connectivity index (χ2v) is 7.96. The molecule has 0 bridgehead atoms. The number of nitrogens with two attached hydrogens (primary N) is 1. The SMILES string of the molecule is Nc1cccc(SCCS(=O)(=O)NCCC2CC2)c1. The van der Waals surface area contributed by atoms with Gasteiger partial charge in [0.1, 0.15) is 0 Å². The summed E-state index contributed by atoms with van der Waals surface area (Å²) in [5, 5.41) is 0. The van der Waals surface area contributed by atoms with Crippen molar-refractivity contribution in [2.45, 2.75) is 24.2 Å². The van der Waals surface area contributed by atoms with Gasteiger partial charge < -0.3 is 5.73 Å². The number of nitrogen functional groups attached to an aromatic ring is 1. The first kappa shape index (κ1) is 14.7. The highest BCUT2D eigenvalue weighted by Gasteiger charge is 2.21. The molecule has 19 heavy (non-hydrogen) atoms. The van der Waals surface area contributed by atoms with Crippen LogP contribution in [0.2, 0.25) is 0 Å². The molecule has 0 saturated heterocycles. The standard InChI is InChI=1S/C13H20N2O2S2/c14-12-2-1-3-13(10-12)18-8-9-19(16,17)15-7-6-11-4-5-11/h1-3,10-11,15H,4-9,14H2. The number of sulfonamides is 1. The maximum atomic E-state index is 11.7. The van der Waals surface area contributed by atoms with Gasteiger partial charge in [0.15, 0.2) is 0 Å². The van der Waals surface area contributed by atoms with Crippen molar-refractivity contribution < 1.29 is 8.42 Å². The van der Waals surface area contributed by atoms with E-state index in [1.807, 2.05) is 24.3 Å². The van der Waals surface area contributed by atoms with E-state index in [1.54, 1.807) is 0 Å². The molecule has 0 spiro atoms. The van der Waals surface area contributed by atoms with Crippen LogP contribution in [0.15, 0.2) is 29.2 Å². The Balaban J connectivity index is 1.68. The van der Waals surface area contributed by atoms with Gasteiger partial charge in [0.25, 0.3) is 0 Å². The summed E-state index contributed by atoms with van der Waals surface area (Å²) in [4.78, 5) is 1.01. The van der Waals surface area contributed by atoms with Crippen molar-refractivity contribution >= 4 is 27.5 Å². The summed E-state index contributed by atoms with van der Waals surface area (Å²) >= 11 is 1.51. The molecule has 1 aromatic rings. The first-order valence-electron chi connectivity index (χ1n) is 6.51. The minimum atomic E-state index is -3.13. The van der Waals surface area contributed by atoms with E-state index in [0.717, 1.165) is 17.2 Å². The summed E-state index contributed by atoms with van der Waals surface area (Å²) < 4.78 is 26.1. The van der Waals surface area contributed by atoms with Crippen LogP contribution in [-0.2, 0) is 10.0 Å². The third-order valence-corrected chi connectivity index (χ3v) is 5.69. The average molecular weight is 300 g/mol. The van der Waals surface area contributed by atoms with Crippen LogP contribution in [0.5, 0.6) is 0 Å². The highest BCUT2D eigenvalue weighted by molar-refractivity contribution is 8.00.